The van der Waals surface area contributed by atoms with E-state index in [1.165, 1.54) is 5.56 Å². The maximum absolute atomic E-state index is 4.58. The van der Waals surface area contributed by atoms with Gasteiger partial charge < -0.3 is 9.88 Å². The van der Waals surface area contributed by atoms with Crippen LogP contribution in [0.25, 0.3) is 11.0 Å². The predicted molar refractivity (Wildman–Crippen MR) is 77.3 cm³/mol. The van der Waals surface area contributed by atoms with Crippen molar-refractivity contribution >= 4 is 17.0 Å². The fraction of sp³-hybridized carbons (Fsp3) is 0.200. The van der Waals surface area contributed by atoms with Gasteiger partial charge in [0.25, 0.3) is 0 Å². The number of nitrogens with zero attached hydrogens (tertiary/aromatic N) is 3. The van der Waals surface area contributed by atoms with E-state index < -0.39 is 0 Å². The molecule has 0 atom stereocenters. The van der Waals surface area contributed by atoms with Crippen LogP contribution in [0.15, 0.2) is 48.8 Å². The van der Waals surface area contributed by atoms with Gasteiger partial charge in [0.15, 0.2) is 0 Å². The highest BCUT2D eigenvalue weighted by Crippen LogP contribution is 2.16. The van der Waals surface area contributed by atoms with Gasteiger partial charge >= 0.3 is 0 Å². The SMILES string of the molecule is CN(CCc1cccnc1)c1nc2ccccc2[nH]1. The summed E-state index contributed by atoms with van der Waals surface area (Å²) >= 11 is 0. The third-order valence-electron chi connectivity index (χ3n) is 3.20. The maximum Gasteiger partial charge on any atom is 0.203 e. The number of likely N-dealkylation sites (N-methyl/N-ethyl adjacent to an activating group) is 1. The molecule has 0 aliphatic rings. The van der Waals surface area contributed by atoms with Gasteiger partial charge in [-0.05, 0) is 30.2 Å². The van der Waals surface area contributed by atoms with Crippen molar-refractivity contribution in [2.45, 2.75) is 6.42 Å². The molecule has 19 heavy (non-hydrogen) atoms. The Bertz CT molecular complexity index is 627. The molecule has 0 radical (unpaired) electrons. The number of aromatic nitrogens is 3. The lowest BCUT2D eigenvalue weighted by Gasteiger charge is -2.15. The minimum absolute atomic E-state index is 0.907. The van der Waals surface area contributed by atoms with Crippen LogP contribution in [-0.4, -0.2) is 28.5 Å². The molecule has 0 amide bonds. The molecule has 0 bridgehead atoms. The summed E-state index contributed by atoms with van der Waals surface area (Å²) in [7, 11) is 2.05. The van der Waals surface area contributed by atoms with Crippen LogP contribution in [-0.2, 0) is 6.42 Å². The molecule has 0 fully saturated rings. The first-order valence-electron chi connectivity index (χ1n) is 6.38. The van der Waals surface area contributed by atoms with E-state index in [-0.39, 0.29) is 0 Å². The second-order valence-electron chi connectivity index (χ2n) is 4.61. The Morgan fingerprint density at radius 2 is 2.05 bits per heavy atom. The van der Waals surface area contributed by atoms with Crippen molar-refractivity contribution in [2.75, 3.05) is 18.5 Å². The van der Waals surface area contributed by atoms with E-state index in [1.807, 2.05) is 43.6 Å². The van der Waals surface area contributed by atoms with Gasteiger partial charge in [0, 0.05) is 26.0 Å². The van der Waals surface area contributed by atoms with Gasteiger partial charge in [0.05, 0.1) is 11.0 Å². The number of imidazole rings is 1. The number of fused-ring (bicyclic) bond motifs is 1. The van der Waals surface area contributed by atoms with Crippen LogP contribution >= 0.6 is 0 Å². The Labute approximate surface area is 112 Å². The number of H-pyrrole nitrogens is 1. The molecule has 0 aliphatic heterocycles. The molecular formula is C15H16N4. The van der Waals surface area contributed by atoms with E-state index in [2.05, 4.69) is 25.9 Å². The van der Waals surface area contributed by atoms with Crippen molar-refractivity contribution < 1.29 is 0 Å². The van der Waals surface area contributed by atoms with Crippen molar-refractivity contribution in [1.29, 1.82) is 0 Å². The van der Waals surface area contributed by atoms with E-state index in [9.17, 15) is 0 Å². The van der Waals surface area contributed by atoms with Crippen LogP contribution in [0.1, 0.15) is 5.56 Å². The molecule has 1 aromatic carbocycles. The summed E-state index contributed by atoms with van der Waals surface area (Å²) in [4.78, 5) is 14.2. The lowest BCUT2D eigenvalue weighted by atomic mass is 10.2. The first-order chi connectivity index (χ1) is 9.33. The molecule has 0 saturated heterocycles. The van der Waals surface area contributed by atoms with Gasteiger partial charge in [0.1, 0.15) is 0 Å². The minimum atomic E-state index is 0.907. The number of anilines is 1. The minimum Gasteiger partial charge on any atom is -0.345 e. The molecule has 0 saturated carbocycles. The van der Waals surface area contributed by atoms with Gasteiger partial charge in [-0.2, -0.15) is 0 Å². The average Bonchev–Trinajstić information content (AvgIpc) is 2.90. The summed E-state index contributed by atoms with van der Waals surface area (Å²) in [6, 6.07) is 12.1. The zero-order valence-corrected chi connectivity index (χ0v) is 10.9. The van der Waals surface area contributed by atoms with Crippen LogP contribution in [0, 0.1) is 0 Å². The van der Waals surface area contributed by atoms with Crippen LogP contribution < -0.4 is 4.90 Å². The maximum atomic E-state index is 4.58. The summed E-state index contributed by atoms with van der Waals surface area (Å²) in [5.74, 6) is 0.907. The molecule has 0 aliphatic carbocycles. The Morgan fingerprint density at radius 3 is 2.84 bits per heavy atom. The third-order valence-corrected chi connectivity index (χ3v) is 3.20. The molecule has 0 unspecified atom stereocenters. The van der Waals surface area contributed by atoms with Crippen LogP contribution in [0.3, 0.4) is 0 Å². The van der Waals surface area contributed by atoms with Gasteiger partial charge in [-0.25, -0.2) is 4.98 Å². The highest BCUT2D eigenvalue weighted by atomic mass is 15.2. The molecule has 4 heteroatoms. The predicted octanol–water partition coefficient (Wildman–Crippen LogP) is 2.64. The molecule has 96 valence electrons. The molecule has 2 heterocycles. The highest BCUT2D eigenvalue weighted by Gasteiger charge is 2.06. The Hall–Kier alpha value is -2.36. The zero-order valence-electron chi connectivity index (χ0n) is 10.9. The van der Waals surface area contributed by atoms with Gasteiger partial charge in [-0.15, -0.1) is 0 Å². The molecule has 3 rings (SSSR count). The second-order valence-corrected chi connectivity index (χ2v) is 4.61. The van der Waals surface area contributed by atoms with Crippen molar-refractivity contribution in [3.8, 4) is 0 Å². The lowest BCUT2D eigenvalue weighted by molar-refractivity contribution is 0.847. The summed E-state index contributed by atoms with van der Waals surface area (Å²) in [6.45, 7) is 0.908. The topological polar surface area (TPSA) is 44.8 Å². The van der Waals surface area contributed by atoms with Crippen LogP contribution in [0.5, 0.6) is 0 Å². The van der Waals surface area contributed by atoms with E-state index in [1.54, 1.807) is 6.20 Å². The fourth-order valence-corrected chi connectivity index (χ4v) is 2.07. The monoisotopic (exact) mass is 252 g/mol. The van der Waals surface area contributed by atoms with Crippen molar-refractivity contribution in [1.82, 2.24) is 15.0 Å². The molecule has 2 aromatic heterocycles. The molecule has 0 spiro atoms. The van der Waals surface area contributed by atoms with E-state index in [0.29, 0.717) is 0 Å². The first-order valence-corrected chi connectivity index (χ1v) is 6.38. The Balaban J connectivity index is 1.71. The molecule has 1 N–H and O–H groups in total. The summed E-state index contributed by atoms with van der Waals surface area (Å²) < 4.78 is 0. The van der Waals surface area contributed by atoms with Crippen molar-refractivity contribution in [3.05, 3.63) is 54.4 Å². The average molecular weight is 252 g/mol. The quantitative estimate of drug-likeness (QED) is 0.776. The second kappa shape index (κ2) is 5.10. The number of pyridine rings is 1. The molecule has 4 nitrogen and oxygen atoms in total. The zero-order chi connectivity index (χ0) is 13.1. The summed E-state index contributed by atoms with van der Waals surface area (Å²) in [5.41, 5.74) is 3.32. The third kappa shape index (κ3) is 2.57. The fourth-order valence-electron chi connectivity index (χ4n) is 2.07. The smallest absolute Gasteiger partial charge is 0.203 e. The van der Waals surface area contributed by atoms with Crippen LogP contribution in [0.2, 0.25) is 0 Å². The number of hydrogen-bond acceptors (Lipinski definition) is 3. The standard InChI is InChI=1S/C15H16N4/c1-19(10-8-12-5-4-9-16-11-12)15-17-13-6-2-3-7-14(13)18-15/h2-7,9,11H,8,10H2,1H3,(H,17,18). The lowest BCUT2D eigenvalue weighted by Crippen LogP contribution is -2.21. The van der Waals surface area contributed by atoms with E-state index >= 15 is 0 Å². The van der Waals surface area contributed by atoms with E-state index in [4.69, 9.17) is 0 Å². The number of nitrogens with one attached hydrogen (secondary N) is 1. The van der Waals surface area contributed by atoms with Crippen molar-refractivity contribution in [3.63, 3.8) is 0 Å². The number of benzene rings is 1. The number of rotatable bonds is 4. The van der Waals surface area contributed by atoms with Crippen molar-refractivity contribution in [2.24, 2.45) is 0 Å². The summed E-state index contributed by atoms with van der Waals surface area (Å²) in [6.07, 6.45) is 4.67. The highest BCUT2D eigenvalue weighted by molar-refractivity contribution is 5.77. The van der Waals surface area contributed by atoms with Crippen LogP contribution in [0.4, 0.5) is 5.95 Å². The largest absolute Gasteiger partial charge is 0.345 e. The number of aromatic amines is 1. The Morgan fingerprint density at radius 1 is 1.16 bits per heavy atom. The van der Waals surface area contributed by atoms with Gasteiger partial charge in [-0.1, -0.05) is 18.2 Å². The van der Waals surface area contributed by atoms with E-state index in [0.717, 1.165) is 29.9 Å². The number of para-hydroxylation sites is 2. The normalized spacial score (nSPS) is 10.8. The Kier molecular flexibility index (Phi) is 3.14. The molecular weight excluding hydrogens is 236 g/mol. The van der Waals surface area contributed by atoms with Gasteiger partial charge in [0.2, 0.25) is 5.95 Å². The van der Waals surface area contributed by atoms with Gasteiger partial charge in [-0.3, -0.25) is 4.98 Å². The summed E-state index contributed by atoms with van der Waals surface area (Å²) in [5, 5.41) is 0. The number of hydrogen-bond donors (Lipinski definition) is 1. The molecule has 3 aromatic rings. The first kappa shape index (κ1) is 11.7.